The van der Waals surface area contributed by atoms with Crippen LogP contribution in [-0.4, -0.2) is 39.4 Å². The van der Waals surface area contributed by atoms with Crippen LogP contribution in [0, 0.1) is 0 Å². The van der Waals surface area contributed by atoms with Crippen LogP contribution in [0.4, 0.5) is 0 Å². The lowest BCUT2D eigenvalue weighted by Crippen LogP contribution is -2.15. The minimum Gasteiger partial charge on any atom is -0.490 e. The molecule has 0 aliphatic carbocycles. The van der Waals surface area contributed by atoms with E-state index in [-0.39, 0.29) is 16.9 Å². The highest BCUT2D eigenvalue weighted by Crippen LogP contribution is 2.35. The Balaban J connectivity index is 2.92. The van der Waals surface area contributed by atoms with Crippen molar-refractivity contribution in [2.24, 2.45) is 0 Å². The first-order chi connectivity index (χ1) is 15.6. The maximum absolute atomic E-state index is 12.5. The Kier molecular flexibility index (Phi) is 14.4. The van der Waals surface area contributed by atoms with Crippen LogP contribution in [0.2, 0.25) is 0 Å². The van der Waals surface area contributed by atoms with Gasteiger partial charge in [-0.1, -0.05) is 37.8 Å². The monoisotopic (exact) mass is 446 g/mol. The number of benzene rings is 1. The van der Waals surface area contributed by atoms with Crippen molar-refractivity contribution in [1.82, 2.24) is 0 Å². The zero-order valence-electron chi connectivity index (χ0n) is 19.7. The zero-order valence-corrected chi connectivity index (χ0v) is 19.7. The third-order valence-electron chi connectivity index (χ3n) is 5.03. The van der Waals surface area contributed by atoms with Crippen LogP contribution in [0.25, 0.3) is 0 Å². The standard InChI is InChI=1S/C26H38O6/c1-5-7-9-11-13-15-19-31-22-18-17-21(25(27)29-3)23(26(28)30-4)24(22)32-20-16-14-12-10-8-6-2/h5-6,17-18H,1-2,7-16,19-20H2,3-4H3. The predicted molar refractivity (Wildman–Crippen MR) is 127 cm³/mol. The van der Waals surface area contributed by atoms with Gasteiger partial charge in [0.15, 0.2) is 11.5 Å². The number of allylic oxidation sites excluding steroid dienone is 2. The van der Waals surface area contributed by atoms with Crippen LogP contribution in [0.1, 0.15) is 84.9 Å². The van der Waals surface area contributed by atoms with Crippen molar-refractivity contribution >= 4 is 11.9 Å². The summed E-state index contributed by atoms with van der Waals surface area (Å²) < 4.78 is 21.7. The van der Waals surface area contributed by atoms with E-state index in [1.807, 2.05) is 12.2 Å². The van der Waals surface area contributed by atoms with E-state index < -0.39 is 11.9 Å². The Hall–Kier alpha value is -2.76. The van der Waals surface area contributed by atoms with E-state index in [1.165, 1.54) is 20.3 Å². The number of carbonyl (C=O) groups is 2. The quantitative estimate of drug-likeness (QED) is 0.150. The summed E-state index contributed by atoms with van der Waals surface area (Å²) in [4.78, 5) is 24.8. The molecule has 0 aromatic heterocycles. The van der Waals surface area contributed by atoms with Crippen molar-refractivity contribution in [3.8, 4) is 11.5 Å². The van der Waals surface area contributed by atoms with Gasteiger partial charge in [0.1, 0.15) is 5.56 Å². The summed E-state index contributed by atoms with van der Waals surface area (Å²) in [7, 11) is 2.54. The largest absolute Gasteiger partial charge is 0.490 e. The summed E-state index contributed by atoms with van der Waals surface area (Å²) >= 11 is 0. The van der Waals surface area contributed by atoms with E-state index in [2.05, 4.69) is 13.2 Å². The number of carbonyl (C=O) groups excluding carboxylic acids is 2. The molecule has 6 nitrogen and oxygen atoms in total. The average molecular weight is 447 g/mol. The molecule has 6 heteroatoms. The first-order valence-electron chi connectivity index (χ1n) is 11.4. The molecule has 0 spiro atoms. The fourth-order valence-corrected chi connectivity index (χ4v) is 3.25. The Bertz CT molecular complexity index is 725. The normalized spacial score (nSPS) is 10.3. The fraction of sp³-hybridized carbons (Fsp3) is 0.538. The van der Waals surface area contributed by atoms with Crippen LogP contribution in [0.3, 0.4) is 0 Å². The molecule has 178 valence electrons. The Labute approximate surface area is 192 Å². The lowest BCUT2D eigenvalue weighted by Gasteiger charge is -2.18. The molecule has 0 saturated heterocycles. The first-order valence-corrected chi connectivity index (χ1v) is 11.4. The van der Waals surface area contributed by atoms with Gasteiger partial charge in [-0.15, -0.1) is 13.2 Å². The van der Waals surface area contributed by atoms with Gasteiger partial charge in [0.05, 0.1) is 33.0 Å². The van der Waals surface area contributed by atoms with Gasteiger partial charge < -0.3 is 18.9 Å². The number of esters is 2. The molecule has 0 amide bonds. The van der Waals surface area contributed by atoms with Gasteiger partial charge in [0.25, 0.3) is 0 Å². The molecular formula is C26H38O6. The summed E-state index contributed by atoms with van der Waals surface area (Å²) in [5.41, 5.74) is 0.131. The van der Waals surface area contributed by atoms with Gasteiger partial charge in [0, 0.05) is 0 Å². The van der Waals surface area contributed by atoms with Crippen molar-refractivity contribution in [2.45, 2.75) is 64.2 Å². The molecule has 1 rings (SSSR count). The summed E-state index contributed by atoms with van der Waals surface area (Å²) in [5.74, 6) is -0.636. The number of methoxy groups -OCH3 is 2. The molecule has 0 bridgehead atoms. The predicted octanol–water partition coefficient (Wildman–Crippen LogP) is 6.29. The smallest absolute Gasteiger partial charge is 0.342 e. The Morgan fingerprint density at radius 2 is 1.28 bits per heavy atom. The summed E-state index contributed by atoms with van der Waals surface area (Å²) in [5, 5.41) is 0. The molecule has 0 unspecified atom stereocenters. The molecule has 0 radical (unpaired) electrons. The number of hydrogen-bond donors (Lipinski definition) is 0. The number of ether oxygens (including phenoxy) is 4. The second kappa shape index (κ2) is 16.9. The van der Waals surface area contributed by atoms with Gasteiger partial charge >= 0.3 is 11.9 Å². The van der Waals surface area contributed by atoms with Crippen LogP contribution in [0.5, 0.6) is 11.5 Å². The van der Waals surface area contributed by atoms with E-state index in [1.54, 1.807) is 6.07 Å². The van der Waals surface area contributed by atoms with E-state index in [0.29, 0.717) is 19.0 Å². The van der Waals surface area contributed by atoms with Gasteiger partial charge in [-0.3, -0.25) is 0 Å². The average Bonchev–Trinajstić information content (AvgIpc) is 2.82. The van der Waals surface area contributed by atoms with E-state index in [9.17, 15) is 9.59 Å². The second-order valence-corrected chi connectivity index (χ2v) is 7.48. The number of hydrogen-bond acceptors (Lipinski definition) is 6. The van der Waals surface area contributed by atoms with Crippen molar-refractivity contribution in [3.63, 3.8) is 0 Å². The van der Waals surface area contributed by atoms with Gasteiger partial charge in [-0.05, 0) is 50.7 Å². The molecule has 0 saturated carbocycles. The maximum atomic E-state index is 12.5. The molecule has 1 aromatic rings. The highest BCUT2D eigenvalue weighted by molar-refractivity contribution is 6.05. The van der Waals surface area contributed by atoms with E-state index in [0.717, 1.165) is 64.2 Å². The van der Waals surface area contributed by atoms with Gasteiger partial charge in [0.2, 0.25) is 0 Å². The maximum Gasteiger partial charge on any atom is 0.342 e. The summed E-state index contributed by atoms with van der Waals surface area (Å²) in [6, 6.07) is 3.16. The van der Waals surface area contributed by atoms with Crippen LogP contribution in [0.15, 0.2) is 37.4 Å². The zero-order chi connectivity index (χ0) is 23.6. The third kappa shape index (κ3) is 9.58. The molecule has 0 aliphatic heterocycles. The lowest BCUT2D eigenvalue weighted by atomic mass is 10.1. The fourth-order valence-electron chi connectivity index (χ4n) is 3.25. The van der Waals surface area contributed by atoms with Gasteiger partial charge in [-0.2, -0.15) is 0 Å². The van der Waals surface area contributed by atoms with Crippen molar-refractivity contribution < 1.29 is 28.5 Å². The minimum atomic E-state index is -0.666. The molecule has 1 aromatic carbocycles. The molecule has 0 N–H and O–H groups in total. The molecule has 32 heavy (non-hydrogen) atoms. The van der Waals surface area contributed by atoms with Crippen LogP contribution >= 0.6 is 0 Å². The Morgan fingerprint density at radius 1 is 0.750 bits per heavy atom. The molecule has 0 atom stereocenters. The van der Waals surface area contributed by atoms with E-state index >= 15 is 0 Å². The summed E-state index contributed by atoms with van der Waals surface area (Å²) in [6.45, 7) is 8.36. The first kappa shape index (κ1) is 27.3. The Morgan fingerprint density at radius 3 is 1.81 bits per heavy atom. The topological polar surface area (TPSA) is 71.1 Å². The number of unbranched alkanes of at least 4 members (excludes halogenated alkanes) is 8. The molecular weight excluding hydrogens is 408 g/mol. The third-order valence-corrected chi connectivity index (χ3v) is 5.03. The molecule has 0 heterocycles. The highest BCUT2D eigenvalue weighted by Gasteiger charge is 2.27. The highest BCUT2D eigenvalue weighted by atomic mass is 16.5. The van der Waals surface area contributed by atoms with Crippen LogP contribution < -0.4 is 9.47 Å². The van der Waals surface area contributed by atoms with Crippen molar-refractivity contribution in [1.29, 1.82) is 0 Å². The van der Waals surface area contributed by atoms with Gasteiger partial charge in [-0.25, -0.2) is 9.59 Å². The summed E-state index contributed by atoms with van der Waals surface area (Å²) in [6.07, 6.45) is 14.0. The van der Waals surface area contributed by atoms with E-state index in [4.69, 9.17) is 18.9 Å². The van der Waals surface area contributed by atoms with Crippen molar-refractivity contribution in [2.75, 3.05) is 27.4 Å². The second-order valence-electron chi connectivity index (χ2n) is 7.48. The molecule has 0 aliphatic rings. The number of rotatable bonds is 18. The van der Waals surface area contributed by atoms with Crippen LogP contribution in [-0.2, 0) is 9.47 Å². The SMILES string of the molecule is C=CCCCCCCOc1ccc(C(=O)OC)c(C(=O)OC)c1OCCCCCCC=C. The van der Waals surface area contributed by atoms with Crippen molar-refractivity contribution in [3.05, 3.63) is 48.6 Å². The molecule has 0 fully saturated rings. The lowest BCUT2D eigenvalue weighted by molar-refractivity contribution is 0.0550. The minimum absolute atomic E-state index is 0.0366.